The number of carbonyl (C=O) groups is 1. The number of ketones is 1. The zero-order valence-corrected chi connectivity index (χ0v) is 22.5. The normalized spacial score (nSPS) is 20.6. The summed E-state index contributed by atoms with van der Waals surface area (Å²) in [5.41, 5.74) is 5.19. The van der Waals surface area contributed by atoms with Crippen LogP contribution in [0.5, 0.6) is 0 Å². The van der Waals surface area contributed by atoms with Crippen LogP contribution in [-0.4, -0.2) is 23.0 Å². The van der Waals surface area contributed by atoms with Gasteiger partial charge in [0, 0.05) is 39.6 Å². The molecule has 0 saturated heterocycles. The summed E-state index contributed by atoms with van der Waals surface area (Å²) in [6, 6.07) is 25.4. The van der Waals surface area contributed by atoms with Crippen LogP contribution in [0.4, 0.5) is 5.69 Å². The van der Waals surface area contributed by atoms with Crippen molar-refractivity contribution < 1.29 is 9.90 Å². The predicted molar refractivity (Wildman–Crippen MR) is 153 cm³/mol. The number of para-hydroxylation sites is 1. The molecule has 1 atom stereocenters. The van der Waals surface area contributed by atoms with Crippen LogP contribution in [0.2, 0.25) is 0 Å². The average molecular weight is 509 g/mol. The number of amidine groups is 1. The van der Waals surface area contributed by atoms with Crippen LogP contribution < -0.4 is 4.90 Å². The maximum absolute atomic E-state index is 14.0. The van der Waals surface area contributed by atoms with Gasteiger partial charge in [-0.3, -0.25) is 15.1 Å². The molecule has 2 aliphatic rings. The van der Waals surface area contributed by atoms with Crippen molar-refractivity contribution in [1.29, 1.82) is 5.41 Å². The Balaban J connectivity index is 1.85. The van der Waals surface area contributed by atoms with E-state index >= 15 is 0 Å². The smallest absolute Gasteiger partial charge is 0.162 e. The van der Waals surface area contributed by atoms with Crippen molar-refractivity contribution in [2.24, 2.45) is 5.41 Å². The maximum atomic E-state index is 14.0. The highest BCUT2D eigenvalue weighted by molar-refractivity contribution is 7.98. The number of aryl methyl sites for hydroxylation is 1. The van der Waals surface area contributed by atoms with Gasteiger partial charge in [0.1, 0.15) is 11.6 Å². The number of Topliss-reactive ketones (excluding diaryl/α,β-unsaturated/α-hetero) is 1. The van der Waals surface area contributed by atoms with Gasteiger partial charge in [0.05, 0.1) is 5.69 Å². The summed E-state index contributed by atoms with van der Waals surface area (Å²) in [5.74, 6) is -0.205. The molecule has 1 aliphatic carbocycles. The number of benzene rings is 3. The van der Waals surface area contributed by atoms with Crippen molar-refractivity contribution in [2.45, 2.75) is 44.4 Å². The average Bonchev–Trinajstić information content (AvgIpc) is 2.88. The van der Waals surface area contributed by atoms with Crippen LogP contribution in [0.1, 0.15) is 49.3 Å². The van der Waals surface area contributed by atoms with Gasteiger partial charge in [-0.25, -0.2) is 0 Å². The van der Waals surface area contributed by atoms with Gasteiger partial charge in [0.2, 0.25) is 0 Å². The third kappa shape index (κ3) is 4.53. The number of thioether (sulfide) groups is 1. The van der Waals surface area contributed by atoms with Gasteiger partial charge in [-0.1, -0.05) is 74.5 Å². The van der Waals surface area contributed by atoms with E-state index in [9.17, 15) is 15.3 Å². The van der Waals surface area contributed by atoms with Crippen LogP contribution >= 0.6 is 11.8 Å². The van der Waals surface area contributed by atoms with Crippen molar-refractivity contribution >= 4 is 34.8 Å². The molecule has 0 aromatic heterocycles. The van der Waals surface area contributed by atoms with Crippen molar-refractivity contribution in [3.05, 3.63) is 112 Å². The maximum Gasteiger partial charge on any atom is 0.162 e. The lowest BCUT2D eigenvalue weighted by molar-refractivity contribution is -0.118. The number of rotatable bonds is 4. The third-order valence-electron chi connectivity index (χ3n) is 7.33. The number of aliphatic hydroxyl groups is 1. The zero-order valence-electron chi connectivity index (χ0n) is 21.7. The van der Waals surface area contributed by atoms with E-state index in [2.05, 4.69) is 13.8 Å². The Morgan fingerprint density at radius 3 is 2.27 bits per heavy atom. The van der Waals surface area contributed by atoms with E-state index in [1.807, 2.05) is 96.9 Å². The Morgan fingerprint density at radius 2 is 1.62 bits per heavy atom. The molecule has 1 heterocycles. The number of hydrogen-bond acceptors (Lipinski definition) is 4. The standard InChI is InChI=1S/C32H32N2O2S/c1-20-10-8-9-13-24(20)34-25-18-32(2,3)19-26(35)28(25)27(21-14-16-23(37-4)17-15-21)29(31(34)33)30(36)22-11-6-5-7-12-22/h5-17,27,33,36H,18-19H2,1-4H3/b30-29+,33-31?. The molecule has 0 spiro atoms. The summed E-state index contributed by atoms with van der Waals surface area (Å²) in [6.45, 7) is 6.25. The summed E-state index contributed by atoms with van der Waals surface area (Å²) in [4.78, 5) is 17.0. The highest BCUT2D eigenvalue weighted by Crippen LogP contribution is 2.51. The lowest BCUT2D eigenvalue weighted by Gasteiger charge is -2.45. The van der Waals surface area contributed by atoms with Gasteiger partial charge >= 0.3 is 0 Å². The number of hydrogen-bond donors (Lipinski definition) is 2. The van der Waals surface area contributed by atoms with E-state index in [4.69, 9.17) is 0 Å². The van der Waals surface area contributed by atoms with Gasteiger partial charge in [-0.05, 0) is 54.3 Å². The zero-order chi connectivity index (χ0) is 26.3. The van der Waals surface area contributed by atoms with Crippen molar-refractivity contribution in [3.63, 3.8) is 0 Å². The molecule has 0 saturated carbocycles. The Labute approximate surface area is 223 Å². The summed E-state index contributed by atoms with van der Waals surface area (Å²) in [6.07, 6.45) is 3.13. The SMILES string of the molecule is CSc1ccc(C2C3=C(CC(C)(C)CC3=O)N(c3ccccc3C)C(=N)/C2=C(/O)c2ccccc2)cc1. The number of nitrogens with one attached hydrogen (secondary N) is 1. The van der Waals surface area contributed by atoms with Crippen LogP contribution in [-0.2, 0) is 4.79 Å². The van der Waals surface area contributed by atoms with E-state index in [1.54, 1.807) is 11.8 Å². The second kappa shape index (κ2) is 9.71. The number of carbonyl (C=O) groups excluding carboxylic acids is 1. The Morgan fingerprint density at radius 1 is 0.973 bits per heavy atom. The predicted octanol–water partition coefficient (Wildman–Crippen LogP) is 7.91. The molecule has 4 nitrogen and oxygen atoms in total. The molecule has 1 aliphatic heterocycles. The minimum atomic E-state index is -0.525. The molecule has 0 bridgehead atoms. The summed E-state index contributed by atoms with van der Waals surface area (Å²) in [5, 5.41) is 21.3. The topological polar surface area (TPSA) is 64.4 Å². The van der Waals surface area contributed by atoms with Gasteiger partial charge in [-0.2, -0.15) is 0 Å². The minimum absolute atomic E-state index is 0.0345. The first-order chi connectivity index (χ1) is 17.7. The van der Waals surface area contributed by atoms with Crippen molar-refractivity contribution in [1.82, 2.24) is 0 Å². The van der Waals surface area contributed by atoms with E-state index in [0.717, 1.165) is 27.4 Å². The lowest BCUT2D eigenvalue weighted by atomic mass is 9.67. The third-order valence-corrected chi connectivity index (χ3v) is 8.07. The first-order valence-corrected chi connectivity index (χ1v) is 13.8. The summed E-state index contributed by atoms with van der Waals surface area (Å²) >= 11 is 1.66. The molecule has 188 valence electrons. The number of aliphatic hydroxyl groups excluding tert-OH is 1. The first kappa shape index (κ1) is 25.1. The minimum Gasteiger partial charge on any atom is -0.507 e. The van der Waals surface area contributed by atoms with Crippen LogP contribution in [0, 0.1) is 17.7 Å². The van der Waals surface area contributed by atoms with Crippen molar-refractivity contribution in [3.8, 4) is 0 Å². The molecule has 1 unspecified atom stereocenters. The molecule has 5 rings (SSSR count). The van der Waals surface area contributed by atoms with Crippen LogP contribution in [0.15, 0.2) is 101 Å². The van der Waals surface area contributed by atoms with Gasteiger partial charge < -0.3 is 5.11 Å². The summed E-state index contributed by atoms with van der Waals surface area (Å²) in [7, 11) is 0. The second-order valence-electron chi connectivity index (χ2n) is 10.6. The van der Waals surface area contributed by atoms with Gasteiger partial charge in [0.25, 0.3) is 0 Å². The Bertz CT molecular complexity index is 1440. The molecule has 3 aromatic carbocycles. The molecule has 5 heteroatoms. The molecule has 37 heavy (non-hydrogen) atoms. The number of allylic oxidation sites excluding steroid dienone is 2. The van der Waals surface area contributed by atoms with E-state index in [-0.39, 0.29) is 22.8 Å². The van der Waals surface area contributed by atoms with Gasteiger partial charge in [0.15, 0.2) is 5.78 Å². The fraction of sp³-hybridized carbons (Fsp3) is 0.250. The Hall–Kier alpha value is -3.57. The number of nitrogens with zero attached hydrogens (tertiary/aromatic N) is 1. The highest BCUT2D eigenvalue weighted by atomic mass is 32.2. The van der Waals surface area contributed by atoms with E-state index in [1.165, 1.54) is 0 Å². The molecule has 0 amide bonds. The van der Waals surface area contributed by atoms with Crippen LogP contribution in [0.3, 0.4) is 0 Å². The monoisotopic (exact) mass is 508 g/mol. The van der Waals surface area contributed by atoms with E-state index < -0.39 is 5.92 Å². The van der Waals surface area contributed by atoms with Crippen LogP contribution in [0.25, 0.3) is 5.76 Å². The molecular formula is C32H32N2O2S. The second-order valence-corrected chi connectivity index (χ2v) is 11.5. The molecule has 2 N–H and O–H groups in total. The van der Waals surface area contributed by atoms with Gasteiger partial charge in [-0.15, -0.1) is 11.8 Å². The quantitative estimate of drug-likeness (QED) is 0.278. The first-order valence-electron chi connectivity index (χ1n) is 12.6. The van der Waals surface area contributed by atoms with E-state index in [0.29, 0.717) is 29.6 Å². The fourth-order valence-electron chi connectivity index (χ4n) is 5.58. The molecule has 0 fully saturated rings. The molecule has 0 radical (unpaired) electrons. The molecule has 3 aromatic rings. The lowest BCUT2D eigenvalue weighted by Crippen LogP contribution is -2.45. The Kier molecular flexibility index (Phi) is 6.59. The summed E-state index contributed by atoms with van der Waals surface area (Å²) < 4.78 is 0. The highest BCUT2D eigenvalue weighted by Gasteiger charge is 2.47. The largest absolute Gasteiger partial charge is 0.507 e. The number of anilines is 1. The fourth-order valence-corrected chi connectivity index (χ4v) is 5.98. The molecular weight excluding hydrogens is 476 g/mol. The van der Waals surface area contributed by atoms with Crippen molar-refractivity contribution in [2.75, 3.05) is 11.2 Å².